The molecule has 1 aromatic heterocycles. The zero-order valence-electron chi connectivity index (χ0n) is 13.9. The lowest BCUT2D eigenvalue weighted by molar-refractivity contribution is 0.309. The number of fused-ring (bicyclic) bond motifs is 1. The highest BCUT2D eigenvalue weighted by Gasteiger charge is 2.22. The van der Waals surface area contributed by atoms with Gasteiger partial charge in [0.05, 0.1) is 0 Å². The van der Waals surface area contributed by atoms with Crippen LogP contribution in [0, 0.1) is 0 Å². The summed E-state index contributed by atoms with van der Waals surface area (Å²) in [6, 6.07) is 18.9. The van der Waals surface area contributed by atoms with Crippen LogP contribution >= 0.6 is 11.6 Å². The van der Waals surface area contributed by atoms with Crippen molar-refractivity contribution in [3.8, 4) is 11.1 Å². The summed E-state index contributed by atoms with van der Waals surface area (Å²) in [6.07, 6.45) is 3.42. The van der Waals surface area contributed by atoms with Crippen LogP contribution in [0.4, 0.5) is 0 Å². The van der Waals surface area contributed by atoms with Gasteiger partial charge in [-0.05, 0) is 35.9 Å². The van der Waals surface area contributed by atoms with Gasteiger partial charge in [0.15, 0.2) is 0 Å². The van der Waals surface area contributed by atoms with Crippen molar-refractivity contribution in [1.82, 2.24) is 9.47 Å². The highest BCUT2D eigenvalue weighted by atomic mass is 35.5. The Morgan fingerprint density at radius 1 is 1.00 bits per heavy atom. The summed E-state index contributed by atoms with van der Waals surface area (Å²) >= 11 is 6.06. The van der Waals surface area contributed by atoms with E-state index in [0.717, 1.165) is 31.1 Å². The summed E-state index contributed by atoms with van der Waals surface area (Å²) in [7, 11) is 2.20. The van der Waals surface area contributed by atoms with Crippen molar-refractivity contribution in [2.24, 2.45) is 0 Å². The lowest BCUT2D eigenvalue weighted by atomic mass is 9.99. The van der Waals surface area contributed by atoms with E-state index in [1.54, 1.807) is 0 Å². The number of rotatable bonds is 3. The SMILES string of the molecule is CN1CCc2c(c(-c3ccc(Cl)cc3)cn2Cc2ccccc2)C1. The second-order valence-corrected chi connectivity index (χ2v) is 7.01. The first-order valence-electron chi connectivity index (χ1n) is 8.40. The first-order chi connectivity index (χ1) is 11.7. The van der Waals surface area contributed by atoms with Gasteiger partial charge in [-0.1, -0.05) is 54.1 Å². The highest BCUT2D eigenvalue weighted by Crippen LogP contribution is 2.33. The standard InChI is InChI=1S/C21H21ClN2/c1-23-12-11-21-20(14-23)19(17-7-9-18(22)10-8-17)15-24(21)13-16-5-3-2-4-6-16/h2-10,15H,11-14H2,1H3. The summed E-state index contributed by atoms with van der Waals surface area (Å²) in [5, 5.41) is 0.786. The molecule has 2 nitrogen and oxygen atoms in total. The molecule has 1 aliphatic heterocycles. The van der Waals surface area contributed by atoms with Crippen molar-refractivity contribution in [1.29, 1.82) is 0 Å². The van der Waals surface area contributed by atoms with E-state index in [1.165, 1.54) is 27.9 Å². The third-order valence-corrected chi connectivity index (χ3v) is 5.07. The Morgan fingerprint density at radius 2 is 1.75 bits per heavy atom. The summed E-state index contributed by atoms with van der Waals surface area (Å²) in [5.74, 6) is 0. The molecule has 4 rings (SSSR count). The quantitative estimate of drug-likeness (QED) is 0.664. The molecule has 122 valence electrons. The largest absolute Gasteiger partial charge is 0.346 e. The Bertz CT molecular complexity index is 834. The predicted molar refractivity (Wildman–Crippen MR) is 100 cm³/mol. The van der Waals surface area contributed by atoms with Gasteiger partial charge in [-0.15, -0.1) is 0 Å². The summed E-state index contributed by atoms with van der Waals surface area (Å²) in [4.78, 5) is 2.40. The molecule has 0 atom stereocenters. The molecule has 3 heteroatoms. The van der Waals surface area contributed by atoms with Gasteiger partial charge in [0, 0.05) is 48.5 Å². The molecule has 0 saturated heterocycles. The Labute approximate surface area is 148 Å². The number of likely N-dealkylation sites (N-methyl/N-ethyl adjacent to an activating group) is 1. The maximum atomic E-state index is 6.06. The Kier molecular flexibility index (Phi) is 4.17. The molecule has 0 radical (unpaired) electrons. The van der Waals surface area contributed by atoms with Gasteiger partial charge in [0.2, 0.25) is 0 Å². The Balaban J connectivity index is 1.78. The van der Waals surface area contributed by atoms with Gasteiger partial charge < -0.3 is 9.47 Å². The van der Waals surface area contributed by atoms with Crippen LogP contribution < -0.4 is 0 Å². The maximum absolute atomic E-state index is 6.06. The third kappa shape index (κ3) is 3.00. The summed E-state index contributed by atoms with van der Waals surface area (Å²) in [6.45, 7) is 3.06. The van der Waals surface area contributed by atoms with Gasteiger partial charge in [-0.3, -0.25) is 0 Å². The van der Waals surface area contributed by atoms with Gasteiger partial charge in [-0.2, -0.15) is 0 Å². The van der Waals surface area contributed by atoms with Crippen molar-refractivity contribution in [2.75, 3.05) is 13.6 Å². The number of nitrogens with zero attached hydrogens (tertiary/aromatic N) is 2. The van der Waals surface area contributed by atoms with Crippen molar-refractivity contribution in [3.63, 3.8) is 0 Å². The minimum atomic E-state index is 0.786. The van der Waals surface area contributed by atoms with Gasteiger partial charge in [0.1, 0.15) is 0 Å². The lowest BCUT2D eigenvalue weighted by Crippen LogP contribution is -2.27. The molecule has 2 aromatic carbocycles. The van der Waals surface area contributed by atoms with Crippen LogP contribution in [0.15, 0.2) is 60.8 Å². The minimum absolute atomic E-state index is 0.786. The monoisotopic (exact) mass is 336 g/mol. The predicted octanol–water partition coefficient (Wildman–Crippen LogP) is 4.84. The van der Waals surface area contributed by atoms with Crippen LogP contribution in [0.5, 0.6) is 0 Å². The van der Waals surface area contributed by atoms with E-state index >= 15 is 0 Å². The van der Waals surface area contributed by atoms with Crippen LogP contribution in [-0.2, 0) is 19.5 Å². The van der Waals surface area contributed by atoms with Crippen molar-refractivity contribution < 1.29 is 0 Å². The molecule has 24 heavy (non-hydrogen) atoms. The molecule has 3 aromatic rings. The molecule has 0 aliphatic carbocycles. The van der Waals surface area contributed by atoms with E-state index in [-0.39, 0.29) is 0 Å². The molecule has 0 unspecified atom stereocenters. The number of halogens is 1. The van der Waals surface area contributed by atoms with Crippen LogP contribution in [0.1, 0.15) is 16.8 Å². The average Bonchev–Trinajstić information content (AvgIpc) is 2.94. The first-order valence-corrected chi connectivity index (χ1v) is 8.78. The fourth-order valence-electron chi connectivity index (χ4n) is 3.56. The van der Waals surface area contributed by atoms with Gasteiger partial charge in [-0.25, -0.2) is 0 Å². The molecule has 0 bridgehead atoms. The molecule has 0 saturated carbocycles. The first kappa shape index (κ1) is 15.5. The van der Waals surface area contributed by atoms with Gasteiger partial charge in [0.25, 0.3) is 0 Å². The van der Waals surface area contributed by atoms with E-state index in [1.807, 2.05) is 12.1 Å². The molecule has 2 heterocycles. The van der Waals surface area contributed by atoms with Crippen LogP contribution in [0.3, 0.4) is 0 Å². The lowest BCUT2D eigenvalue weighted by Gasteiger charge is -2.25. The molecule has 0 N–H and O–H groups in total. The maximum Gasteiger partial charge on any atom is 0.0473 e. The fraction of sp³-hybridized carbons (Fsp3) is 0.238. The molecule has 1 aliphatic rings. The average molecular weight is 337 g/mol. The normalized spacial score (nSPS) is 14.6. The second kappa shape index (κ2) is 6.46. The summed E-state index contributed by atoms with van der Waals surface area (Å²) in [5.41, 5.74) is 6.86. The number of aromatic nitrogens is 1. The van der Waals surface area contributed by atoms with Crippen LogP contribution in [0.2, 0.25) is 5.02 Å². The van der Waals surface area contributed by atoms with Crippen LogP contribution in [0.25, 0.3) is 11.1 Å². The van der Waals surface area contributed by atoms with Crippen molar-refractivity contribution in [3.05, 3.63) is 82.6 Å². The van der Waals surface area contributed by atoms with E-state index < -0.39 is 0 Å². The fourth-order valence-corrected chi connectivity index (χ4v) is 3.68. The topological polar surface area (TPSA) is 8.17 Å². The molecular formula is C21H21ClN2. The highest BCUT2D eigenvalue weighted by molar-refractivity contribution is 6.30. The molecule has 0 fully saturated rings. The number of benzene rings is 2. The van der Waals surface area contributed by atoms with E-state index in [9.17, 15) is 0 Å². The Hall–Kier alpha value is -2.03. The number of hydrogen-bond donors (Lipinski definition) is 0. The van der Waals surface area contributed by atoms with Crippen molar-refractivity contribution >= 4 is 11.6 Å². The van der Waals surface area contributed by atoms with E-state index in [2.05, 4.69) is 65.2 Å². The van der Waals surface area contributed by atoms with Crippen molar-refractivity contribution in [2.45, 2.75) is 19.5 Å². The summed E-state index contributed by atoms with van der Waals surface area (Å²) < 4.78 is 2.43. The zero-order chi connectivity index (χ0) is 16.5. The molecular weight excluding hydrogens is 316 g/mol. The third-order valence-electron chi connectivity index (χ3n) is 4.81. The smallest absolute Gasteiger partial charge is 0.0473 e. The Morgan fingerprint density at radius 3 is 2.50 bits per heavy atom. The van der Waals surface area contributed by atoms with Crippen LogP contribution in [-0.4, -0.2) is 23.1 Å². The molecule has 0 amide bonds. The molecule has 0 spiro atoms. The number of hydrogen-bond acceptors (Lipinski definition) is 1. The van der Waals surface area contributed by atoms with E-state index in [0.29, 0.717) is 0 Å². The minimum Gasteiger partial charge on any atom is -0.346 e. The van der Waals surface area contributed by atoms with E-state index in [4.69, 9.17) is 11.6 Å². The van der Waals surface area contributed by atoms with Gasteiger partial charge >= 0.3 is 0 Å². The second-order valence-electron chi connectivity index (χ2n) is 6.58. The zero-order valence-corrected chi connectivity index (χ0v) is 14.6.